The van der Waals surface area contributed by atoms with E-state index in [1.54, 1.807) is 0 Å². The lowest BCUT2D eigenvalue weighted by Gasteiger charge is -2.21. The SMILES string of the molecule is CCCn1cc(-c2cnc(C3CCCNC3)cn2)cn1. The molecule has 0 bridgehead atoms. The minimum atomic E-state index is 0.508. The Morgan fingerprint density at radius 3 is 2.95 bits per heavy atom. The van der Waals surface area contributed by atoms with E-state index in [0.717, 1.165) is 43.0 Å². The van der Waals surface area contributed by atoms with E-state index >= 15 is 0 Å². The van der Waals surface area contributed by atoms with Crippen LogP contribution in [0.15, 0.2) is 24.8 Å². The van der Waals surface area contributed by atoms with Gasteiger partial charge in [0, 0.05) is 37.0 Å². The lowest BCUT2D eigenvalue weighted by Crippen LogP contribution is -2.28. The van der Waals surface area contributed by atoms with Crippen molar-refractivity contribution >= 4 is 0 Å². The van der Waals surface area contributed by atoms with Gasteiger partial charge in [-0.3, -0.25) is 14.6 Å². The Hall–Kier alpha value is -1.75. The minimum Gasteiger partial charge on any atom is -0.316 e. The van der Waals surface area contributed by atoms with Gasteiger partial charge < -0.3 is 5.32 Å². The normalized spacial score (nSPS) is 19.1. The molecule has 106 valence electrons. The summed E-state index contributed by atoms with van der Waals surface area (Å²) >= 11 is 0. The van der Waals surface area contributed by atoms with Crippen molar-refractivity contribution < 1.29 is 0 Å². The predicted octanol–water partition coefficient (Wildman–Crippen LogP) is 2.22. The summed E-state index contributed by atoms with van der Waals surface area (Å²) in [5.74, 6) is 0.508. The van der Waals surface area contributed by atoms with Gasteiger partial charge in [-0.2, -0.15) is 5.10 Å². The summed E-state index contributed by atoms with van der Waals surface area (Å²) in [6.45, 7) is 5.23. The zero-order chi connectivity index (χ0) is 13.8. The number of aromatic nitrogens is 4. The lowest BCUT2D eigenvalue weighted by molar-refractivity contribution is 0.454. The average Bonchev–Trinajstić information content (AvgIpc) is 2.97. The third-order valence-electron chi connectivity index (χ3n) is 3.77. The average molecular weight is 271 g/mol. The van der Waals surface area contributed by atoms with Crippen molar-refractivity contribution in [2.45, 2.75) is 38.6 Å². The van der Waals surface area contributed by atoms with Crippen LogP contribution in [0.4, 0.5) is 0 Å². The van der Waals surface area contributed by atoms with Crippen LogP contribution in [0, 0.1) is 0 Å². The Morgan fingerprint density at radius 1 is 1.30 bits per heavy atom. The van der Waals surface area contributed by atoms with Crippen LogP contribution < -0.4 is 5.32 Å². The summed E-state index contributed by atoms with van der Waals surface area (Å²) in [5, 5.41) is 7.75. The first kappa shape index (κ1) is 13.2. The maximum atomic E-state index is 4.59. The number of piperidine rings is 1. The van der Waals surface area contributed by atoms with E-state index in [9.17, 15) is 0 Å². The van der Waals surface area contributed by atoms with Crippen LogP contribution in [0.2, 0.25) is 0 Å². The summed E-state index contributed by atoms with van der Waals surface area (Å²) in [7, 11) is 0. The van der Waals surface area contributed by atoms with Crippen molar-refractivity contribution in [2.24, 2.45) is 0 Å². The molecule has 0 aliphatic carbocycles. The van der Waals surface area contributed by atoms with Gasteiger partial charge in [-0.1, -0.05) is 6.92 Å². The van der Waals surface area contributed by atoms with Crippen LogP contribution in [0.3, 0.4) is 0 Å². The molecule has 3 rings (SSSR count). The van der Waals surface area contributed by atoms with E-state index in [1.807, 2.05) is 29.5 Å². The van der Waals surface area contributed by atoms with Gasteiger partial charge in [0.1, 0.15) is 0 Å². The second-order valence-electron chi connectivity index (χ2n) is 5.36. The Morgan fingerprint density at radius 2 is 2.25 bits per heavy atom. The van der Waals surface area contributed by atoms with Gasteiger partial charge >= 0.3 is 0 Å². The summed E-state index contributed by atoms with van der Waals surface area (Å²) in [4.78, 5) is 9.15. The highest BCUT2D eigenvalue weighted by atomic mass is 15.3. The molecule has 3 heterocycles. The zero-order valence-electron chi connectivity index (χ0n) is 11.9. The summed E-state index contributed by atoms with van der Waals surface area (Å²) in [6.07, 6.45) is 11.2. The highest BCUT2D eigenvalue weighted by molar-refractivity contribution is 5.55. The minimum absolute atomic E-state index is 0.508. The number of aryl methyl sites for hydroxylation is 1. The van der Waals surface area contributed by atoms with E-state index in [2.05, 4.69) is 27.3 Å². The Labute approximate surface area is 119 Å². The first-order chi connectivity index (χ1) is 9.86. The van der Waals surface area contributed by atoms with Crippen LogP contribution in [0.25, 0.3) is 11.3 Å². The summed E-state index contributed by atoms with van der Waals surface area (Å²) in [6, 6.07) is 0. The molecule has 2 aromatic rings. The molecular weight excluding hydrogens is 250 g/mol. The Balaban J connectivity index is 1.74. The van der Waals surface area contributed by atoms with Crippen molar-refractivity contribution in [3.63, 3.8) is 0 Å². The van der Waals surface area contributed by atoms with Crippen molar-refractivity contribution in [3.8, 4) is 11.3 Å². The zero-order valence-corrected chi connectivity index (χ0v) is 11.9. The third-order valence-corrected chi connectivity index (χ3v) is 3.77. The van der Waals surface area contributed by atoms with Gasteiger partial charge in [-0.05, 0) is 25.8 Å². The number of hydrogen-bond donors (Lipinski definition) is 1. The Bertz CT molecular complexity index is 540. The lowest BCUT2D eigenvalue weighted by atomic mass is 9.96. The van der Waals surface area contributed by atoms with Crippen LogP contribution in [0.5, 0.6) is 0 Å². The molecule has 5 nitrogen and oxygen atoms in total. The van der Waals surface area contributed by atoms with Crippen LogP contribution in [-0.4, -0.2) is 32.8 Å². The third kappa shape index (κ3) is 2.88. The molecule has 1 atom stereocenters. The predicted molar refractivity (Wildman–Crippen MR) is 78.4 cm³/mol. The summed E-state index contributed by atoms with van der Waals surface area (Å²) in [5.41, 5.74) is 3.04. The molecule has 1 saturated heterocycles. The van der Waals surface area contributed by atoms with Gasteiger partial charge in [0.15, 0.2) is 0 Å². The first-order valence-electron chi connectivity index (χ1n) is 7.42. The fourth-order valence-corrected chi connectivity index (χ4v) is 2.65. The number of rotatable bonds is 4. The van der Waals surface area contributed by atoms with Gasteiger partial charge in [0.25, 0.3) is 0 Å². The van der Waals surface area contributed by atoms with E-state index in [0.29, 0.717) is 5.92 Å². The van der Waals surface area contributed by atoms with E-state index in [1.165, 1.54) is 12.8 Å². The Kier molecular flexibility index (Phi) is 4.06. The van der Waals surface area contributed by atoms with Crippen molar-refractivity contribution in [2.75, 3.05) is 13.1 Å². The highest BCUT2D eigenvalue weighted by Gasteiger charge is 2.16. The van der Waals surface area contributed by atoms with Crippen LogP contribution in [-0.2, 0) is 6.54 Å². The van der Waals surface area contributed by atoms with Crippen LogP contribution >= 0.6 is 0 Å². The molecule has 0 amide bonds. The molecule has 1 fully saturated rings. The largest absolute Gasteiger partial charge is 0.316 e. The first-order valence-corrected chi connectivity index (χ1v) is 7.42. The van der Waals surface area contributed by atoms with Crippen molar-refractivity contribution in [1.29, 1.82) is 0 Å². The van der Waals surface area contributed by atoms with Crippen molar-refractivity contribution in [1.82, 2.24) is 25.1 Å². The van der Waals surface area contributed by atoms with Gasteiger partial charge in [0.05, 0.1) is 23.8 Å². The summed E-state index contributed by atoms with van der Waals surface area (Å²) < 4.78 is 1.95. The van der Waals surface area contributed by atoms with E-state index in [4.69, 9.17) is 0 Å². The van der Waals surface area contributed by atoms with Gasteiger partial charge in [-0.25, -0.2) is 0 Å². The quantitative estimate of drug-likeness (QED) is 0.926. The number of nitrogens with one attached hydrogen (secondary N) is 1. The second kappa shape index (κ2) is 6.13. The van der Waals surface area contributed by atoms with Gasteiger partial charge in [0.2, 0.25) is 0 Å². The van der Waals surface area contributed by atoms with Crippen LogP contribution in [0.1, 0.15) is 37.8 Å². The van der Waals surface area contributed by atoms with Crippen molar-refractivity contribution in [3.05, 3.63) is 30.5 Å². The molecule has 1 aliphatic rings. The number of hydrogen-bond acceptors (Lipinski definition) is 4. The standard InChI is InChI=1S/C15H21N5/c1-2-6-20-11-13(8-19-20)15-10-17-14(9-18-15)12-4-3-5-16-7-12/h8-12,16H,2-7H2,1H3. The van der Waals surface area contributed by atoms with Gasteiger partial charge in [-0.15, -0.1) is 0 Å². The van der Waals surface area contributed by atoms with E-state index < -0.39 is 0 Å². The van der Waals surface area contributed by atoms with E-state index in [-0.39, 0.29) is 0 Å². The molecule has 0 saturated carbocycles. The molecule has 1 aliphatic heterocycles. The molecule has 0 spiro atoms. The molecule has 1 N–H and O–H groups in total. The molecule has 1 unspecified atom stereocenters. The molecule has 2 aromatic heterocycles. The molecule has 5 heteroatoms. The highest BCUT2D eigenvalue weighted by Crippen LogP contribution is 2.22. The topological polar surface area (TPSA) is 55.6 Å². The maximum absolute atomic E-state index is 4.59. The fraction of sp³-hybridized carbons (Fsp3) is 0.533. The number of nitrogens with zero attached hydrogens (tertiary/aromatic N) is 4. The fourth-order valence-electron chi connectivity index (χ4n) is 2.65. The molecular formula is C15H21N5. The molecule has 0 aromatic carbocycles. The maximum Gasteiger partial charge on any atom is 0.0916 e. The monoisotopic (exact) mass is 271 g/mol. The molecule has 20 heavy (non-hydrogen) atoms. The molecule has 0 radical (unpaired) electrons. The smallest absolute Gasteiger partial charge is 0.0916 e. The second-order valence-corrected chi connectivity index (χ2v) is 5.36.